The number of ether oxygens (including phenoxy) is 6. The molecule has 35 heavy (non-hydrogen) atoms. The van der Waals surface area contributed by atoms with Gasteiger partial charge in [-0.1, -0.05) is 18.2 Å². The first-order valence-corrected chi connectivity index (χ1v) is 11.1. The normalized spacial score (nSPS) is 12.4. The predicted molar refractivity (Wildman–Crippen MR) is 130 cm³/mol. The second kappa shape index (κ2) is 11.0. The van der Waals surface area contributed by atoms with E-state index in [2.05, 4.69) is 5.32 Å². The van der Waals surface area contributed by atoms with Crippen LogP contribution in [0.15, 0.2) is 24.3 Å². The summed E-state index contributed by atoms with van der Waals surface area (Å²) < 4.78 is 32.1. The molecule has 1 amide bonds. The zero-order valence-corrected chi connectivity index (χ0v) is 20.9. The molecule has 0 unspecified atom stereocenters. The van der Waals surface area contributed by atoms with Gasteiger partial charge in [0.25, 0.3) is 0 Å². The Kier molecular flexibility index (Phi) is 8.11. The Hall–Kier alpha value is -3.88. The van der Waals surface area contributed by atoms with Crippen LogP contribution in [0.3, 0.4) is 0 Å². The molecular weight excluding hydrogens is 454 g/mol. The van der Waals surface area contributed by atoms with Gasteiger partial charge in [0.05, 0.1) is 21.3 Å². The molecule has 0 bridgehead atoms. The summed E-state index contributed by atoms with van der Waals surface area (Å²) >= 11 is 0. The summed E-state index contributed by atoms with van der Waals surface area (Å²) in [6, 6.07) is 7.21. The number of carbonyl (C=O) groups excluding carboxylic acids is 2. The summed E-state index contributed by atoms with van der Waals surface area (Å²) in [6.45, 7) is 5.93. The number of alkyl carbamates (subject to hydrolysis) is 1. The number of fused-ring (bicyclic) bond motifs is 1. The number of rotatable bonds is 8. The van der Waals surface area contributed by atoms with Crippen LogP contribution in [0.5, 0.6) is 23.0 Å². The quantitative estimate of drug-likeness (QED) is 0.432. The fourth-order valence-corrected chi connectivity index (χ4v) is 3.56. The van der Waals surface area contributed by atoms with Crippen molar-refractivity contribution < 1.29 is 38.0 Å². The second-order valence-corrected chi connectivity index (χ2v) is 8.67. The average Bonchev–Trinajstić information content (AvgIpc) is 3.27. The molecule has 2 aromatic rings. The molecule has 3 rings (SSSR count). The average molecular weight is 486 g/mol. The summed E-state index contributed by atoms with van der Waals surface area (Å²) in [5, 5.41) is 2.77. The van der Waals surface area contributed by atoms with Crippen LogP contribution in [-0.4, -0.2) is 52.3 Å². The van der Waals surface area contributed by atoms with Crippen LogP contribution < -0.4 is 24.3 Å². The predicted octanol–water partition coefficient (Wildman–Crippen LogP) is 4.46. The lowest BCUT2D eigenvalue weighted by Gasteiger charge is -2.19. The SMILES string of the molecule is COC(=O)c1c(/C=C/c2cc3c(cc2CCNC(=O)OC(C)(C)C)OCO3)ccc(OC)c1OC. The lowest BCUT2D eigenvalue weighted by molar-refractivity contribution is 0.0527. The van der Waals surface area contributed by atoms with Gasteiger partial charge in [-0.05, 0) is 62.1 Å². The van der Waals surface area contributed by atoms with E-state index in [1.165, 1.54) is 21.3 Å². The third kappa shape index (κ3) is 6.38. The summed E-state index contributed by atoms with van der Waals surface area (Å²) in [6.07, 6.45) is 3.68. The lowest BCUT2D eigenvalue weighted by Crippen LogP contribution is -2.33. The lowest BCUT2D eigenvalue weighted by atomic mass is 10.00. The Labute approximate surface area is 204 Å². The van der Waals surface area contributed by atoms with Crippen LogP contribution in [0.25, 0.3) is 12.2 Å². The van der Waals surface area contributed by atoms with Gasteiger partial charge in [0.15, 0.2) is 23.0 Å². The van der Waals surface area contributed by atoms with Gasteiger partial charge >= 0.3 is 12.1 Å². The molecule has 9 heteroatoms. The van der Waals surface area contributed by atoms with Crippen LogP contribution in [0, 0.1) is 0 Å². The molecule has 1 aliphatic heterocycles. The number of nitrogens with one attached hydrogen (secondary N) is 1. The van der Waals surface area contributed by atoms with Crippen molar-refractivity contribution in [3.05, 3.63) is 46.5 Å². The van der Waals surface area contributed by atoms with E-state index in [1.807, 2.05) is 39.0 Å². The minimum atomic E-state index is -0.576. The van der Waals surface area contributed by atoms with Crippen LogP contribution in [0.1, 0.15) is 47.8 Å². The first kappa shape index (κ1) is 25.7. The highest BCUT2D eigenvalue weighted by atomic mass is 16.7. The fourth-order valence-electron chi connectivity index (χ4n) is 3.56. The van der Waals surface area contributed by atoms with Crippen molar-refractivity contribution in [1.29, 1.82) is 0 Å². The molecule has 0 spiro atoms. The number of hydrogen-bond acceptors (Lipinski definition) is 8. The van der Waals surface area contributed by atoms with Gasteiger partial charge in [0.2, 0.25) is 6.79 Å². The highest BCUT2D eigenvalue weighted by Gasteiger charge is 2.22. The molecular formula is C26H31NO8. The standard InChI is InChI=1S/C26H31NO8/c1-26(2,3)35-25(29)27-12-11-18-14-21-20(33-15-34-21)13-17(18)8-7-16-9-10-19(30-4)23(31-5)22(16)24(28)32-6/h7-10,13-14H,11-12,15H2,1-6H3,(H,27,29)/b8-7+. The van der Waals surface area contributed by atoms with E-state index in [0.717, 1.165) is 11.1 Å². The third-order valence-corrected chi connectivity index (χ3v) is 5.11. The van der Waals surface area contributed by atoms with Crippen molar-refractivity contribution in [2.24, 2.45) is 0 Å². The maximum atomic E-state index is 12.5. The molecule has 9 nitrogen and oxygen atoms in total. The second-order valence-electron chi connectivity index (χ2n) is 8.67. The number of methoxy groups -OCH3 is 3. The van der Waals surface area contributed by atoms with Crippen LogP contribution in [-0.2, 0) is 15.9 Å². The minimum absolute atomic E-state index is 0.139. The number of carbonyl (C=O) groups is 2. The van der Waals surface area contributed by atoms with Crippen molar-refractivity contribution in [3.8, 4) is 23.0 Å². The molecule has 188 valence electrons. The molecule has 0 aromatic heterocycles. The van der Waals surface area contributed by atoms with Crippen LogP contribution in [0.2, 0.25) is 0 Å². The van der Waals surface area contributed by atoms with Crippen molar-refractivity contribution in [2.45, 2.75) is 32.8 Å². The molecule has 0 aliphatic carbocycles. The zero-order chi connectivity index (χ0) is 25.6. The van der Waals surface area contributed by atoms with E-state index in [9.17, 15) is 9.59 Å². The topological polar surface area (TPSA) is 102 Å². The number of hydrogen-bond donors (Lipinski definition) is 1. The van der Waals surface area contributed by atoms with Gasteiger partial charge in [-0.15, -0.1) is 0 Å². The first-order valence-electron chi connectivity index (χ1n) is 11.1. The van der Waals surface area contributed by atoms with E-state index < -0.39 is 17.7 Å². The van der Waals surface area contributed by atoms with E-state index in [4.69, 9.17) is 28.4 Å². The molecule has 0 radical (unpaired) electrons. The summed E-state index contributed by atoms with van der Waals surface area (Å²) in [5.74, 6) is 1.41. The molecule has 2 aromatic carbocycles. The van der Waals surface area contributed by atoms with Gasteiger partial charge in [0, 0.05) is 6.54 Å². The summed E-state index contributed by atoms with van der Waals surface area (Å²) in [4.78, 5) is 24.6. The van der Waals surface area contributed by atoms with Gasteiger partial charge in [0.1, 0.15) is 11.2 Å². The Morgan fingerprint density at radius 2 is 1.69 bits per heavy atom. The zero-order valence-electron chi connectivity index (χ0n) is 20.9. The molecule has 0 fully saturated rings. The Morgan fingerprint density at radius 1 is 1.00 bits per heavy atom. The largest absolute Gasteiger partial charge is 0.493 e. The van der Waals surface area contributed by atoms with Crippen molar-refractivity contribution >= 4 is 24.2 Å². The maximum Gasteiger partial charge on any atom is 0.407 e. The van der Waals surface area contributed by atoms with Gasteiger partial charge in [-0.3, -0.25) is 0 Å². The smallest absolute Gasteiger partial charge is 0.407 e. The maximum absolute atomic E-state index is 12.5. The summed E-state index contributed by atoms with van der Waals surface area (Å²) in [5.41, 5.74) is 2.02. The monoisotopic (exact) mass is 485 g/mol. The van der Waals surface area contributed by atoms with Crippen molar-refractivity contribution in [3.63, 3.8) is 0 Å². The molecule has 1 N–H and O–H groups in total. The fraction of sp³-hybridized carbons (Fsp3) is 0.385. The number of esters is 1. The highest BCUT2D eigenvalue weighted by Crippen LogP contribution is 2.37. The molecule has 1 aliphatic rings. The van der Waals surface area contributed by atoms with E-state index in [0.29, 0.717) is 35.8 Å². The Bertz CT molecular complexity index is 1120. The van der Waals surface area contributed by atoms with Crippen LogP contribution >= 0.6 is 0 Å². The minimum Gasteiger partial charge on any atom is -0.493 e. The van der Waals surface area contributed by atoms with Gasteiger partial charge in [-0.25, -0.2) is 9.59 Å². The summed E-state index contributed by atoms with van der Waals surface area (Å²) in [7, 11) is 4.27. The van der Waals surface area contributed by atoms with Crippen molar-refractivity contribution in [1.82, 2.24) is 5.32 Å². The van der Waals surface area contributed by atoms with Crippen LogP contribution in [0.4, 0.5) is 4.79 Å². The molecule has 0 saturated heterocycles. The molecule has 0 saturated carbocycles. The number of amides is 1. The van der Waals surface area contributed by atoms with Gasteiger partial charge < -0.3 is 33.7 Å². The Balaban J connectivity index is 1.90. The third-order valence-electron chi connectivity index (χ3n) is 5.11. The molecule has 0 atom stereocenters. The van der Waals surface area contributed by atoms with E-state index >= 15 is 0 Å². The Morgan fingerprint density at radius 3 is 2.31 bits per heavy atom. The van der Waals surface area contributed by atoms with E-state index in [-0.39, 0.29) is 18.1 Å². The number of benzene rings is 2. The van der Waals surface area contributed by atoms with Crippen molar-refractivity contribution in [2.75, 3.05) is 34.7 Å². The van der Waals surface area contributed by atoms with E-state index in [1.54, 1.807) is 18.2 Å². The molecule has 1 heterocycles. The van der Waals surface area contributed by atoms with Gasteiger partial charge in [-0.2, -0.15) is 0 Å². The first-order chi connectivity index (χ1) is 16.7. The highest BCUT2D eigenvalue weighted by molar-refractivity contribution is 5.98.